The van der Waals surface area contributed by atoms with Crippen molar-refractivity contribution in [2.24, 2.45) is 0 Å². The number of aryl methyl sites for hydroxylation is 1. The molecule has 1 atom stereocenters. The van der Waals surface area contributed by atoms with Gasteiger partial charge < -0.3 is 4.90 Å². The minimum Gasteiger partial charge on any atom is -0.369 e. The van der Waals surface area contributed by atoms with E-state index in [1.54, 1.807) is 12.1 Å². The summed E-state index contributed by atoms with van der Waals surface area (Å²) in [5.41, 5.74) is 5.03. The maximum Gasteiger partial charge on any atom is 0.173 e. The van der Waals surface area contributed by atoms with Gasteiger partial charge in [-0.05, 0) is 72.0 Å². The van der Waals surface area contributed by atoms with Crippen molar-refractivity contribution in [1.29, 1.82) is 0 Å². The van der Waals surface area contributed by atoms with Gasteiger partial charge in [-0.3, -0.25) is 4.90 Å². The Bertz CT molecular complexity index is 1050. The van der Waals surface area contributed by atoms with E-state index in [1.165, 1.54) is 29.7 Å². The number of halogens is 1. The molecule has 0 bridgehead atoms. The summed E-state index contributed by atoms with van der Waals surface area (Å²) in [6, 6.07) is 13.7. The molecule has 1 aliphatic heterocycles. The van der Waals surface area contributed by atoms with Gasteiger partial charge in [0.05, 0.1) is 12.1 Å². The van der Waals surface area contributed by atoms with Gasteiger partial charge in [0.25, 0.3) is 0 Å². The topological polar surface area (TPSA) is 50.1 Å². The van der Waals surface area contributed by atoms with E-state index in [2.05, 4.69) is 57.4 Å². The Morgan fingerprint density at radius 2 is 1.66 bits per heavy atom. The van der Waals surface area contributed by atoms with Crippen molar-refractivity contribution in [2.75, 3.05) is 31.1 Å². The van der Waals surface area contributed by atoms with Gasteiger partial charge >= 0.3 is 0 Å². The lowest BCUT2D eigenvalue weighted by atomic mass is 10.0. The fourth-order valence-electron chi connectivity index (χ4n) is 5.26. The molecule has 2 heterocycles. The molecule has 2 fully saturated rings. The molecule has 0 amide bonds. The standard InChI is InChI=1S/C25H31FN6/c1-18-6-5-9-23(19(18)2)30-14-16-31(17-15-30)24(20-10-12-21(26)13-11-20)25-27-28-29-32(25)22-7-3-4-8-22/h5-6,9-13,22,24H,3-4,7-8,14-17H2,1-2H3/t24-/m0/s1. The van der Waals surface area contributed by atoms with E-state index in [1.807, 2.05) is 16.8 Å². The highest BCUT2D eigenvalue weighted by Crippen LogP contribution is 2.35. The van der Waals surface area contributed by atoms with Crippen molar-refractivity contribution in [3.8, 4) is 0 Å². The summed E-state index contributed by atoms with van der Waals surface area (Å²) in [4.78, 5) is 4.92. The molecule has 1 aliphatic carbocycles. The first-order valence-electron chi connectivity index (χ1n) is 11.7. The Balaban J connectivity index is 1.43. The second-order valence-corrected chi connectivity index (χ2v) is 9.12. The molecule has 3 aromatic rings. The number of aromatic nitrogens is 4. The number of tetrazole rings is 1. The Labute approximate surface area is 189 Å². The van der Waals surface area contributed by atoms with E-state index in [4.69, 9.17) is 0 Å². The number of hydrogen-bond acceptors (Lipinski definition) is 5. The molecule has 6 nitrogen and oxygen atoms in total. The zero-order valence-corrected chi connectivity index (χ0v) is 18.9. The highest BCUT2D eigenvalue weighted by Gasteiger charge is 2.33. The predicted molar refractivity (Wildman–Crippen MR) is 123 cm³/mol. The summed E-state index contributed by atoms with van der Waals surface area (Å²) in [5, 5.41) is 12.9. The normalized spacial score (nSPS) is 18.9. The molecule has 32 heavy (non-hydrogen) atoms. The van der Waals surface area contributed by atoms with Crippen LogP contribution in [0.1, 0.15) is 60.3 Å². The van der Waals surface area contributed by atoms with Crippen LogP contribution in [0.5, 0.6) is 0 Å². The highest BCUT2D eigenvalue weighted by atomic mass is 19.1. The maximum absolute atomic E-state index is 13.7. The van der Waals surface area contributed by atoms with Crippen molar-refractivity contribution in [2.45, 2.75) is 51.6 Å². The van der Waals surface area contributed by atoms with Crippen LogP contribution in [0.15, 0.2) is 42.5 Å². The minimum atomic E-state index is -0.220. The summed E-state index contributed by atoms with van der Waals surface area (Å²) < 4.78 is 15.7. The number of piperazine rings is 1. The van der Waals surface area contributed by atoms with Crippen LogP contribution in [0.3, 0.4) is 0 Å². The van der Waals surface area contributed by atoms with Crippen molar-refractivity contribution in [1.82, 2.24) is 25.1 Å². The van der Waals surface area contributed by atoms with Crippen LogP contribution in [0.25, 0.3) is 0 Å². The quantitative estimate of drug-likeness (QED) is 0.594. The van der Waals surface area contributed by atoms with E-state index in [9.17, 15) is 4.39 Å². The Morgan fingerprint density at radius 3 is 2.38 bits per heavy atom. The summed E-state index contributed by atoms with van der Waals surface area (Å²) in [7, 11) is 0. The molecule has 0 unspecified atom stereocenters. The van der Waals surface area contributed by atoms with Gasteiger partial charge in [0.1, 0.15) is 5.82 Å². The largest absolute Gasteiger partial charge is 0.369 e. The zero-order valence-electron chi connectivity index (χ0n) is 18.9. The van der Waals surface area contributed by atoms with Crippen LogP contribution >= 0.6 is 0 Å². The summed E-state index contributed by atoms with van der Waals surface area (Å²) in [6.45, 7) is 8.04. The van der Waals surface area contributed by atoms with Crippen LogP contribution in [-0.4, -0.2) is 51.3 Å². The smallest absolute Gasteiger partial charge is 0.173 e. The van der Waals surface area contributed by atoms with Crippen molar-refractivity contribution < 1.29 is 4.39 Å². The van der Waals surface area contributed by atoms with E-state index in [0.717, 1.165) is 50.4 Å². The molecule has 168 valence electrons. The molecule has 5 rings (SSSR count). The lowest BCUT2D eigenvalue weighted by Crippen LogP contribution is -2.48. The van der Waals surface area contributed by atoms with Crippen LogP contribution in [0, 0.1) is 19.7 Å². The molecular weight excluding hydrogens is 403 g/mol. The molecule has 1 saturated carbocycles. The second-order valence-electron chi connectivity index (χ2n) is 9.12. The SMILES string of the molecule is Cc1cccc(N2CCN([C@@H](c3ccc(F)cc3)c3nnnn3C3CCCC3)CC2)c1C. The van der Waals surface area contributed by atoms with Crippen molar-refractivity contribution in [3.63, 3.8) is 0 Å². The summed E-state index contributed by atoms with van der Waals surface area (Å²) >= 11 is 0. The number of benzene rings is 2. The Kier molecular flexibility index (Phi) is 5.91. The number of rotatable bonds is 5. The summed E-state index contributed by atoms with van der Waals surface area (Å²) in [6.07, 6.45) is 4.68. The third-order valence-electron chi connectivity index (χ3n) is 7.22. The van der Waals surface area contributed by atoms with E-state index in [0.29, 0.717) is 6.04 Å². The Morgan fingerprint density at radius 1 is 0.938 bits per heavy atom. The van der Waals surface area contributed by atoms with Crippen LogP contribution in [0.2, 0.25) is 0 Å². The minimum absolute atomic E-state index is 0.0769. The van der Waals surface area contributed by atoms with Gasteiger partial charge in [0.2, 0.25) is 0 Å². The number of nitrogens with zero attached hydrogens (tertiary/aromatic N) is 6. The fraction of sp³-hybridized carbons (Fsp3) is 0.480. The molecule has 2 aliphatic rings. The second kappa shape index (κ2) is 8.98. The lowest BCUT2D eigenvalue weighted by Gasteiger charge is -2.40. The Hall–Kier alpha value is -2.80. The third-order valence-corrected chi connectivity index (χ3v) is 7.22. The molecule has 0 radical (unpaired) electrons. The number of anilines is 1. The van der Waals surface area contributed by atoms with Crippen molar-refractivity contribution in [3.05, 3.63) is 70.8 Å². The van der Waals surface area contributed by atoms with E-state index in [-0.39, 0.29) is 11.9 Å². The molecule has 1 aromatic heterocycles. The van der Waals surface area contributed by atoms with Gasteiger partial charge in [0, 0.05) is 31.9 Å². The van der Waals surface area contributed by atoms with Gasteiger partial charge in [-0.2, -0.15) is 0 Å². The average Bonchev–Trinajstić information content (AvgIpc) is 3.50. The fourth-order valence-corrected chi connectivity index (χ4v) is 5.26. The molecule has 7 heteroatoms. The van der Waals surface area contributed by atoms with E-state index < -0.39 is 0 Å². The van der Waals surface area contributed by atoms with Gasteiger partial charge in [-0.1, -0.05) is 37.1 Å². The van der Waals surface area contributed by atoms with Crippen LogP contribution in [0.4, 0.5) is 10.1 Å². The predicted octanol–water partition coefficient (Wildman–Crippen LogP) is 4.46. The maximum atomic E-state index is 13.7. The van der Waals surface area contributed by atoms with E-state index >= 15 is 0 Å². The lowest BCUT2D eigenvalue weighted by molar-refractivity contribution is 0.197. The zero-order chi connectivity index (χ0) is 22.1. The first-order chi connectivity index (χ1) is 15.6. The van der Waals surface area contributed by atoms with Crippen molar-refractivity contribution >= 4 is 5.69 Å². The van der Waals surface area contributed by atoms with Gasteiger partial charge in [-0.25, -0.2) is 9.07 Å². The monoisotopic (exact) mass is 434 g/mol. The summed E-state index contributed by atoms with van der Waals surface area (Å²) in [5.74, 6) is 0.659. The average molecular weight is 435 g/mol. The van der Waals surface area contributed by atoms with Gasteiger partial charge in [-0.15, -0.1) is 5.10 Å². The highest BCUT2D eigenvalue weighted by molar-refractivity contribution is 5.56. The van der Waals surface area contributed by atoms with Gasteiger partial charge in [0.15, 0.2) is 5.82 Å². The molecular formula is C25H31FN6. The molecule has 2 aromatic carbocycles. The molecule has 0 N–H and O–H groups in total. The number of hydrogen-bond donors (Lipinski definition) is 0. The first-order valence-corrected chi connectivity index (χ1v) is 11.7. The third kappa shape index (κ3) is 4.01. The molecule has 1 saturated heterocycles. The van der Waals surface area contributed by atoms with Crippen LogP contribution in [-0.2, 0) is 0 Å². The van der Waals surface area contributed by atoms with Crippen LogP contribution < -0.4 is 4.90 Å². The molecule has 0 spiro atoms. The first kappa shape index (κ1) is 21.1.